The summed E-state index contributed by atoms with van der Waals surface area (Å²) in [6.07, 6.45) is 5.59. The second-order valence-corrected chi connectivity index (χ2v) is 5.33. The third-order valence-electron chi connectivity index (χ3n) is 2.97. The first-order chi connectivity index (χ1) is 9.43. The number of pyridine rings is 2. The highest BCUT2D eigenvalue weighted by atomic mass is 32.2. The molecule has 0 saturated carbocycles. The van der Waals surface area contributed by atoms with E-state index in [9.17, 15) is 0 Å². The van der Waals surface area contributed by atoms with Crippen LogP contribution in [0.15, 0.2) is 61.1 Å². The maximum atomic E-state index is 4.48. The van der Waals surface area contributed by atoms with Gasteiger partial charge in [-0.15, -0.1) is 0 Å². The van der Waals surface area contributed by atoms with Crippen LogP contribution in [-0.2, 0) is 11.5 Å². The molecular formula is C16H14N2S. The number of aromatic nitrogens is 2. The zero-order valence-corrected chi connectivity index (χ0v) is 11.3. The molecule has 0 aliphatic carbocycles. The maximum Gasteiger partial charge on any atom is 0.0742 e. The van der Waals surface area contributed by atoms with Gasteiger partial charge in [0, 0.05) is 35.5 Å². The van der Waals surface area contributed by atoms with Crippen LogP contribution in [0, 0.1) is 0 Å². The normalized spacial score (nSPS) is 10.7. The molecule has 2 aromatic heterocycles. The summed E-state index contributed by atoms with van der Waals surface area (Å²) in [6.45, 7) is 0. The molecule has 2 nitrogen and oxygen atoms in total. The highest BCUT2D eigenvalue weighted by Crippen LogP contribution is 2.22. The molecule has 0 unspecified atom stereocenters. The standard InChI is InChI=1S/C16H14N2S/c1-5-14-7-3-9-18-16(14)15(6-1)12-19-11-13-4-2-8-17-10-13/h1-10H,11-12H2. The number of fused-ring (bicyclic) bond motifs is 1. The maximum absolute atomic E-state index is 4.48. The summed E-state index contributed by atoms with van der Waals surface area (Å²) in [4.78, 5) is 8.62. The first-order valence-electron chi connectivity index (χ1n) is 6.23. The lowest BCUT2D eigenvalue weighted by Gasteiger charge is -2.05. The molecule has 1 aromatic carbocycles. The number of para-hydroxylation sites is 1. The Kier molecular flexibility index (Phi) is 3.75. The van der Waals surface area contributed by atoms with Crippen molar-refractivity contribution >= 4 is 22.7 Å². The number of thioether (sulfide) groups is 1. The molecule has 94 valence electrons. The molecular weight excluding hydrogens is 252 g/mol. The van der Waals surface area contributed by atoms with Gasteiger partial charge in [0.25, 0.3) is 0 Å². The van der Waals surface area contributed by atoms with Crippen molar-refractivity contribution < 1.29 is 0 Å². The van der Waals surface area contributed by atoms with Crippen molar-refractivity contribution in [2.45, 2.75) is 11.5 Å². The lowest BCUT2D eigenvalue weighted by Crippen LogP contribution is -1.88. The van der Waals surface area contributed by atoms with Gasteiger partial charge < -0.3 is 0 Å². The third kappa shape index (κ3) is 2.93. The second-order valence-electron chi connectivity index (χ2n) is 4.35. The Hall–Kier alpha value is -1.87. The number of nitrogens with zero attached hydrogens (tertiary/aromatic N) is 2. The predicted molar refractivity (Wildman–Crippen MR) is 81.0 cm³/mol. The summed E-state index contributed by atoms with van der Waals surface area (Å²) in [6, 6.07) is 14.6. The van der Waals surface area contributed by atoms with Gasteiger partial charge in [-0.25, -0.2) is 0 Å². The molecule has 2 heterocycles. The lowest BCUT2D eigenvalue weighted by atomic mass is 10.1. The van der Waals surface area contributed by atoms with E-state index in [4.69, 9.17) is 0 Å². The van der Waals surface area contributed by atoms with Crippen LogP contribution in [0.4, 0.5) is 0 Å². The fourth-order valence-corrected chi connectivity index (χ4v) is 3.01. The topological polar surface area (TPSA) is 25.8 Å². The minimum absolute atomic E-state index is 0.975. The van der Waals surface area contributed by atoms with E-state index in [0.29, 0.717) is 0 Å². The van der Waals surface area contributed by atoms with Crippen LogP contribution >= 0.6 is 11.8 Å². The largest absolute Gasteiger partial charge is 0.264 e. The van der Waals surface area contributed by atoms with Crippen molar-refractivity contribution in [1.82, 2.24) is 9.97 Å². The summed E-state index contributed by atoms with van der Waals surface area (Å²) >= 11 is 1.89. The third-order valence-corrected chi connectivity index (χ3v) is 4.02. The number of hydrogen-bond donors (Lipinski definition) is 0. The lowest BCUT2D eigenvalue weighted by molar-refractivity contribution is 1.25. The van der Waals surface area contributed by atoms with Crippen LogP contribution in [0.2, 0.25) is 0 Å². The Labute approximate surface area is 116 Å². The molecule has 0 spiro atoms. The van der Waals surface area contributed by atoms with Gasteiger partial charge in [-0.2, -0.15) is 11.8 Å². The molecule has 0 aliphatic heterocycles. The van der Waals surface area contributed by atoms with Crippen molar-refractivity contribution in [3.8, 4) is 0 Å². The van der Waals surface area contributed by atoms with E-state index in [1.807, 2.05) is 42.5 Å². The first kappa shape index (κ1) is 12.2. The van der Waals surface area contributed by atoms with Crippen molar-refractivity contribution in [1.29, 1.82) is 0 Å². The van der Waals surface area contributed by atoms with Crippen LogP contribution in [0.5, 0.6) is 0 Å². The SMILES string of the molecule is c1cncc(CSCc2cccc3cccnc23)c1. The average Bonchev–Trinajstić information content (AvgIpc) is 2.49. The molecule has 0 radical (unpaired) electrons. The second kappa shape index (κ2) is 5.85. The molecule has 19 heavy (non-hydrogen) atoms. The summed E-state index contributed by atoms with van der Waals surface area (Å²) < 4.78 is 0. The molecule has 0 N–H and O–H groups in total. The van der Waals surface area contributed by atoms with E-state index in [2.05, 4.69) is 40.3 Å². The summed E-state index contributed by atoms with van der Waals surface area (Å²) in [5, 5.41) is 1.21. The minimum Gasteiger partial charge on any atom is -0.264 e. The summed E-state index contributed by atoms with van der Waals surface area (Å²) in [7, 11) is 0. The molecule has 0 bridgehead atoms. The van der Waals surface area contributed by atoms with E-state index >= 15 is 0 Å². The molecule has 0 saturated heterocycles. The van der Waals surface area contributed by atoms with Crippen LogP contribution in [0.25, 0.3) is 10.9 Å². The molecule has 0 fully saturated rings. The van der Waals surface area contributed by atoms with Crippen molar-refractivity contribution in [2.24, 2.45) is 0 Å². The highest BCUT2D eigenvalue weighted by molar-refractivity contribution is 7.97. The Morgan fingerprint density at radius 2 is 1.79 bits per heavy atom. The van der Waals surface area contributed by atoms with E-state index in [0.717, 1.165) is 17.0 Å². The van der Waals surface area contributed by atoms with Gasteiger partial charge in [-0.1, -0.05) is 30.3 Å². The smallest absolute Gasteiger partial charge is 0.0742 e. The molecule has 0 amide bonds. The van der Waals surface area contributed by atoms with Gasteiger partial charge in [-0.3, -0.25) is 9.97 Å². The van der Waals surface area contributed by atoms with Crippen molar-refractivity contribution in [3.05, 3.63) is 72.2 Å². The van der Waals surface area contributed by atoms with Gasteiger partial charge in [0.1, 0.15) is 0 Å². The van der Waals surface area contributed by atoms with Gasteiger partial charge >= 0.3 is 0 Å². The minimum atomic E-state index is 0.975. The Balaban J connectivity index is 1.72. The average molecular weight is 266 g/mol. The fourth-order valence-electron chi connectivity index (χ4n) is 2.05. The van der Waals surface area contributed by atoms with Crippen LogP contribution < -0.4 is 0 Å². The monoisotopic (exact) mass is 266 g/mol. The molecule has 3 rings (SSSR count). The molecule has 0 aliphatic rings. The van der Waals surface area contributed by atoms with E-state index in [1.165, 1.54) is 16.5 Å². The molecule has 0 atom stereocenters. The number of benzene rings is 1. The molecule has 3 aromatic rings. The van der Waals surface area contributed by atoms with Crippen LogP contribution in [0.3, 0.4) is 0 Å². The van der Waals surface area contributed by atoms with Gasteiger partial charge in [0.2, 0.25) is 0 Å². The zero-order chi connectivity index (χ0) is 12.9. The van der Waals surface area contributed by atoms with Gasteiger partial charge in [0.05, 0.1) is 5.52 Å². The Bertz CT molecular complexity index is 662. The number of hydrogen-bond acceptors (Lipinski definition) is 3. The first-order valence-corrected chi connectivity index (χ1v) is 7.38. The van der Waals surface area contributed by atoms with Crippen molar-refractivity contribution in [3.63, 3.8) is 0 Å². The Morgan fingerprint density at radius 3 is 2.68 bits per heavy atom. The van der Waals surface area contributed by atoms with Crippen LogP contribution in [-0.4, -0.2) is 9.97 Å². The van der Waals surface area contributed by atoms with E-state index in [-0.39, 0.29) is 0 Å². The van der Waals surface area contributed by atoms with Gasteiger partial charge in [-0.05, 0) is 23.3 Å². The molecule has 3 heteroatoms. The highest BCUT2D eigenvalue weighted by Gasteiger charge is 2.02. The van der Waals surface area contributed by atoms with Crippen LogP contribution in [0.1, 0.15) is 11.1 Å². The number of rotatable bonds is 4. The van der Waals surface area contributed by atoms with Crippen molar-refractivity contribution in [2.75, 3.05) is 0 Å². The zero-order valence-electron chi connectivity index (χ0n) is 10.5. The van der Waals surface area contributed by atoms with Gasteiger partial charge in [0.15, 0.2) is 0 Å². The quantitative estimate of drug-likeness (QED) is 0.712. The summed E-state index contributed by atoms with van der Waals surface area (Å²) in [5.41, 5.74) is 3.68. The predicted octanol–water partition coefficient (Wildman–Crippen LogP) is 4.06. The fraction of sp³-hybridized carbons (Fsp3) is 0.125. The van der Waals surface area contributed by atoms with E-state index in [1.54, 1.807) is 0 Å². The summed E-state index contributed by atoms with van der Waals surface area (Å²) in [5.74, 6) is 1.96. The van der Waals surface area contributed by atoms with E-state index < -0.39 is 0 Å². The Morgan fingerprint density at radius 1 is 0.895 bits per heavy atom.